The minimum atomic E-state index is -0.586. The average molecular weight is 543 g/mol. The van der Waals surface area contributed by atoms with Gasteiger partial charge in [-0.2, -0.15) is 0 Å². The molecule has 0 bridgehead atoms. The number of halogens is 2. The van der Waals surface area contributed by atoms with Gasteiger partial charge in [-0.3, -0.25) is 0 Å². The summed E-state index contributed by atoms with van der Waals surface area (Å²) in [5.41, 5.74) is 1.06. The molecule has 0 unspecified atom stereocenters. The van der Waals surface area contributed by atoms with Crippen molar-refractivity contribution < 1.29 is 23.1 Å². The third kappa shape index (κ3) is 8.92. The van der Waals surface area contributed by atoms with Crippen molar-refractivity contribution in [3.8, 4) is 0 Å². The molecule has 2 N–H and O–H groups in total. The summed E-state index contributed by atoms with van der Waals surface area (Å²) in [7, 11) is 0. The lowest BCUT2D eigenvalue weighted by Crippen LogP contribution is -2.57. The summed E-state index contributed by atoms with van der Waals surface area (Å²) >= 11 is 0. The number of carbonyl (C=O) groups is 2. The molecule has 2 heterocycles. The van der Waals surface area contributed by atoms with Crippen molar-refractivity contribution in [3.05, 3.63) is 65.7 Å². The molecule has 2 aliphatic rings. The number of urea groups is 1. The molecule has 7 nitrogen and oxygen atoms in total. The maximum atomic E-state index is 13.3. The molecule has 3 amide bonds. The quantitative estimate of drug-likeness (QED) is 0.494. The van der Waals surface area contributed by atoms with Crippen LogP contribution in [-0.2, 0) is 11.2 Å². The topological polar surface area (TPSA) is 73.9 Å². The Balaban J connectivity index is 1.40. The van der Waals surface area contributed by atoms with Gasteiger partial charge in [0.15, 0.2) is 0 Å². The molecule has 212 valence electrons. The second-order valence-corrected chi connectivity index (χ2v) is 11.8. The molecule has 0 aromatic heterocycles. The zero-order valence-corrected chi connectivity index (χ0v) is 23.1. The van der Waals surface area contributed by atoms with Gasteiger partial charge in [-0.1, -0.05) is 12.1 Å². The molecule has 2 aromatic rings. The lowest BCUT2D eigenvalue weighted by molar-refractivity contribution is 0.00960. The van der Waals surface area contributed by atoms with Crippen LogP contribution < -0.4 is 10.6 Å². The third-order valence-electron chi connectivity index (χ3n) is 7.34. The number of nitrogens with one attached hydrogen (secondary N) is 2. The Labute approximate surface area is 229 Å². The number of carbonyl (C=O) groups excluding carboxylic acids is 2. The fourth-order valence-electron chi connectivity index (χ4n) is 5.54. The maximum absolute atomic E-state index is 13.3. The van der Waals surface area contributed by atoms with E-state index in [9.17, 15) is 18.4 Å². The van der Waals surface area contributed by atoms with Gasteiger partial charge in [0.2, 0.25) is 0 Å². The fourth-order valence-corrected chi connectivity index (χ4v) is 5.54. The number of piperidine rings is 2. The van der Waals surface area contributed by atoms with Crippen molar-refractivity contribution in [2.75, 3.05) is 38.0 Å². The number of amides is 3. The highest BCUT2D eigenvalue weighted by Crippen LogP contribution is 2.26. The van der Waals surface area contributed by atoms with Crippen LogP contribution in [0.25, 0.3) is 0 Å². The second-order valence-electron chi connectivity index (χ2n) is 11.8. The first kappa shape index (κ1) is 28.8. The number of benzene rings is 2. The van der Waals surface area contributed by atoms with E-state index < -0.39 is 5.60 Å². The SMILES string of the molecule is CC(C)(C)OC(=O)N1CC[C@@H](NC(=O)Nc2ccc(F)cc2)[C@H](CN2CCC[C@@H](Cc3ccc(F)cc3)C2)C1. The minimum absolute atomic E-state index is 0.00908. The normalized spacial score (nSPS) is 22.3. The van der Waals surface area contributed by atoms with Crippen molar-refractivity contribution in [2.45, 2.75) is 58.1 Å². The van der Waals surface area contributed by atoms with Gasteiger partial charge in [0.25, 0.3) is 0 Å². The van der Waals surface area contributed by atoms with Gasteiger partial charge in [0.05, 0.1) is 0 Å². The Morgan fingerprint density at radius 3 is 2.28 bits per heavy atom. The Morgan fingerprint density at radius 1 is 0.949 bits per heavy atom. The lowest BCUT2D eigenvalue weighted by atomic mass is 9.88. The number of hydrogen-bond donors (Lipinski definition) is 2. The first-order valence-electron chi connectivity index (χ1n) is 13.8. The Morgan fingerprint density at radius 2 is 1.62 bits per heavy atom. The minimum Gasteiger partial charge on any atom is -0.444 e. The molecule has 4 rings (SSSR count). The molecule has 0 aliphatic carbocycles. The monoisotopic (exact) mass is 542 g/mol. The maximum Gasteiger partial charge on any atom is 0.410 e. The summed E-state index contributed by atoms with van der Waals surface area (Å²) in [6.07, 6.45) is 3.34. The largest absolute Gasteiger partial charge is 0.444 e. The number of nitrogens with zero attached hydrogens (tertiary/aromatic N) is 2. The molecule has 0 radical (unpaired) electrons. The van der Waals surface area contributed by atoms with E-state index in [1.807, 2.05) is 32.9 Å². The van der Waals surface area contributed by atoms with Crippen LogP contribution in [0.5, 0.6) is 0 Å². The number of hydrogen-bond acceptors (Lipinski definition) is 4. The summed E-state index contributed by atoms with van der Waals surface area (Å²) in [5, 5.41) is 5.88. The zero-order chi connectivity index (χ0) is 28.0. The van der Waals surface area contributed by atoms with Crippen molar-refractivity contribution in [3.63, 3.8) is 0 Å². The summed E-state index contributed by atoms with van der Waals surface area (Å²) in [6, 6.07) is 11.9. The van der Waals surface area contributed by atoms with Gasteiger partial charge < -0.3 is 25.2 Å². The van der Waals surface area contributed by atoms with Crippen LogP contribution in [0.15, 0.2) is 48.5 Å². The highest BCUT2D eigenvalue weighted by molar-refractivity contribution is 5.89. The van der Waals surface area contributed by atoms with Gasteiger partial charge in [-0.05, 0) is 101 Å². The van der Waals surface area contributed by atoms with Crippen molar-refractivity contribution >= 4 is 17.8 Å². The first-order valence-corrected chi connectivity index (χ1v) is 13.8. The molecule has 9 heteroatoms. The van der Waals surface area contributed by atoms with Crippen LogP contribution in [0.3, 0.4) is 0 Å². The van der Waals surface area contributed by atoms with Crippen LogP contribution in [0.4, 0.5) is 24.1 Å². The van der Waals surface area contributed by atoms with E-state index in [4.69, 9.17) is 4.74 Å². The smallest absolute Gasteiger partial charge is 0.410 e. The van der Waals surface area contributed by atoms with Crippen LogP contribution in [0, 0.1) is 23.5 Å². The molecule has 39 heavy (non-hydrogen) atoms. The molecule has 2 saturated heterocycles. The number of rotatable bonds is 6. The van der Waals surface area contributed by atoms with E-state index >= 15 is 0 Å². The van der Waals surface area contributed by atoms with Crippen molar-refractivity contribution in [1.29, 1.82) is 0 Å². The van der Waals surface area contributed by atoms with Gasteiger partial charge in [0.1, 0.15) is 17.2 Å². The molecule has 0 spiro atoms. The summed E-state index contributed by atoms with van der Waals surface area (Å²) < 4.78 is 32.2. The lowest BCUT2D eigenvalue weighted by Gasteiger charge is -2.42. The van der Waals surface area contributed by atoms with Crippen molar-refractivity contribution in [2.24, 2.45) is 11.8 Å². The second kappa shape index (κ2) is 12.8. The van der Waals surface area contributed by atoms with E-state index in [2.05, 4.69) is 15.5 Å². The predicted octanol–water partition coefficient (Wildman–Crippen LogP) is 5.67. The Kier molecular flexibility index (Phi) is 9.43. The molecule has 3 atom stereocenters. The third-order valence-corrected chi connectivity index (χ3v) is 7.34. The van der Waals surface area contributed by atoms with Crippen molar-refractivity contribution in [1.82, 2.24) is 15.1 Å². The van der Waals surface area contributed by atoms with E-state index in [-0.39, 0.29) is 35.7 Å². The molecule has 0 saturated carbocycles. The van der Waals surface area contributed by atoms with Crippen LogP contribution in [-0.4, -0.2) is 66.3 Å². The number of anilines is 1. The first-order chi connectivity index (χ1) is 18.5. The van der Waals surface area contributed by atoms with E-state index in [0.29, 0.717) is 31.1 Å². The summed E-state index contributed by atoms with van der Waals surface area (Å²) in [6.45, 7) is 9.13. The molecular formula is C30H40F2N4O3. The summed E-state index contributed by atoms with van der Waals surface area (Å²) in [4.78, 5) is 29.9. The highest BCUT2D eigenvalue weighted by atomic mass is 19.1. The molecule has 2 aliphatic heterocycles. The Bertz CT molecular complexity index is 1100. The zero-order valence-electron chi connectivity index (χ0n) is 23.1. The van der Waals surface area contributed by atoms with E-state index in [1.165, 1.54) is 36.4 Å². The standard InChI is InChI=1S/C30H40F2N4O3/c1-30(2,3)39-29(38)36-16-14-27(34-28(37)33-26-12-10-25(32)11-13-26)23(20-36)19-35-15-4-5-22(18-35)17-21-6-8-24(31)9-7-21/h6-13,22-23,27H,4-5,14-20H2,1-3H3,(H2,33,34,37)/t22-,23+,27+/m0/s1. The van der Waals surface area contributed by atoms with E-state index in [0.717, 1.165) is 44.5 Å². The average Bonchev–Trinajstić information content (AvgIpc) is 2.87. The number of likely N-dealkylation sites (tertiary alicyclic amines) is 2. The van der Waals surface area contributed by atoms with Crippen LogP contribution in [0.2, 0.25) is 0 Å². The molecule has 2 aromatic carbocycles. The van der Waals surface area contributed by atoms with Gasteiger partial charge in [-0.15, -0.1) is 0 Å². The van der Waals surface area contributed by atoms with Crippen LogP contribution in [0.1, 0.15) is 45.6 Å². The van der Waals surface area contributed by atoms with E-state index in [1.54, 1.807) is 4.90 Å². The number of ether oxygens (including phenoxy) is 1. The molecule has 2 fully saturated rings. The Hall–Kier alpha value is -3.20. The van der Waals surface area contributed by atoms with Gasteiger partial charge >= 0.3 is 12.1 Å². The van der Waals surface area contributed by atoms with Crippen LogP contribution >= 0.6 is 0 Å². The highest BCUT2D eigenvalue weighted by Gasteiger charge is 2.36. The summed E-state index contributed by atoms with van der Waals surface area (Å²) in [5.74, 6) is -0.120. The molecular weight excluding hydrogens is 502 g/mol. The fraction of sp³-hybridized carbons (Fsp3) is 0.533. The predicted molar refractivity (Wildman–Crippen MR) is 148 cm³/mol. The van der Waals surface area contributed by atoms with Gasteiger partial charge in [-0.25, -0.2) is 18.4 Å². The van der Waals surface area contributed by atoms with Gasteiger partial charge in [0, 0.05) is 43.8 Å².